The average molecular weight is 279 g/mol. The highest BCUT2D eigenvalue weighted by atomic mass is 32.2. The molecule has 1 N–H and O–H groups in total. The smallest absolute Gasteiger partial charge is 0.317 e. The molecule has 1 fully saturated rings. The highest BCUT2D eigenvalue weighted by Gasteiger charge is 2.25. The van der Waals surface area contributed by atoms with E-state index in [1.54, 1.807) is 12.0 Å². The summed E-state index contributed by atoms with van der Waals surface area (Å²) in [6.07, 6.45) is 1.96. The monoisotopic (exact) mass is 279 g/mol. The Morgan fingerprint density at radius 3 is 2.39 bits per heavy atom. The van der Waals surface area contributed by atoms with Gasteiger partial charge < -0.3 is 15.0 Å². The number of urea groups is 1. The van der Waals surface area contributed by atoms with Crippen molar-refractivity contribution in [2.75, 3.05) is 52.7 Å². The molecule has 1 aliphatic heterocycles. The van der Waals surface area contributed by atoms with Crippen molar-refractivity contribution in [3.63, 3.8) is 0 Å². The number of hydrogen-bond donors (Lipinski definition) is 1. The summed E-state index contributed by atoms with van der Waals surface area (Å²) in [6.45, 7) is 2.78. The van der Waals surface area contributed by atoms with Crippen LogP contribution in [0.25, 0.3) is 0 Å². The molecule has 7 nitrogen and oxygen atoms in total. The number of nitrogens with zero attached hydrogens (tertiary/aromatic N) is 2. The van der Waals surface area contributed by atoms with Gasteiger partial charge in [0.25, 0.3) is 0 Å². The summed E-state index contributed by atoms with van der Waals surface area (Å²) in [4.78, 5) is 13.4. The van der Waals surface area contributed by atoms with Crippen LogP contribution in [0, 0.1) is 0 Å². The topological polar surface area (TPSA) is 79.0 Å². The van der Waals surface area contributed by atoms with E-state index >= 15 is 0 Å². The van der Waals surface area contributed by atoms with Crippen LogP contribution in [-0.4, -0.2) is 76.4 Å². The second kappa shape index (κ2) is 6.91. The molecule has 0 aromatic heterocycles. The van der Waals surface area contributed by atoms with Crippen LogP contribution in [0.3, 0.4) is 0 Å². The van der Waals surface area contributed by atoms with Gasteiger partial charge in [0.1, 0.15) is 0 Å². The molecule has 1 rings (SSSR count). The number of sulfonamides is 1. The fraction of sp³-hybridized carbons (Fsp3) is 0.900. The summed E-state index contributed by atoms with van der Waals surface area (Å²) in [5, 5.41) is 2.78. The normalized spacial score (nSPS) is 17.8. The molecule has 0 bridgehead atoms. The summed E-state index contributed by atoms with van der Waals surface area (Å²) in [5.74, 6) is 0. The maximum atomic E-state index is 11.7. The number of ether oxygens (including phenoxy) is 1. The van der Waals surface area contributed by atoms with Gasteiger partial charge in [-0.15, -0.1) is 0 Å². The van der Waals surface area contributed by atoms with Crippen LogP contribution in [0.4, 0.5) is 4.79 Å². The van der Waals surface area contributed by atoms with Crippen molar-refractivity contribution in [1.29, 1.82) is 0 Å². The van der Waals surface area contributed by atoms with E-state index in [2.05, 4.69) is 5.32 Å². The Hall–Kier alpha value is -0.860. The first-order valence-corrected chi connectivity index (χ1v) is 7.77. The van der Waals surface area contributed by atoms with Crippen LogP contribution in [-0.2, 0) is 14.8 Å². The Morgan fingerprint density at radius 2 is 1.89 bits per heavy atom. The molecule has 1 aliphatic rings. The molecule has 18 heavy (non-hydrogen) atoms. The van der Waals surface area contributed by atoms with Crippen molar-refractivity contribution in [1.82, 2.24) is 14.5 Å². The molecule has 0 spiro atoms. The van der Waals surface area contributed by atoms with E-state index < -0.39 is 10.0 Å². The lowest BCUT2D eigenvalue weighted by atomic mass is 10.4. The maximum Gasteiger partial charge on any atom is 0.317 e. The Bertz CT molecular complexity index is 363. The molecule has 0 unspecified atom stereocenters. The van der Waals surface area contributed by atoms with E-state index in [-0.39, 0.29) is 6.03 Å². The number of hydrogen-bond acceptors (Lipinski definition) is 4. The minimum atomic E-state index is -3.14. The zero-order valence-electron chi connectivity index (χ0n) is 10.9. The number of carbonyl (C=O) groups is 1. The van der Waals surface area contributed by atoms with Crippen LogP contribution in [0.1, 0.15) is 6.42 Å². The molecule has 1 saturated heterocycles. The molecule has 8 heteroatoms. The number of piperazine rings is 1. The van der Waals surface area contributed by atoms with E-state index in [9.17, 15) is 13.2 Å². The van der Waals surface area contributed by atoms with Crippen molar-refractivity contribution in [2.45, 2.75) is 6.42 Å². The zero-order chi connectivity index (χ0) is 13.6. The molecule has 0 radical (unpaired) electrons. The highest BCUT2D eigenvalue weighted by molar-refractivity contribution is 7.88. The Kier molecular flexibility index (Phi) is 5.83. The predicted molar refractivity (Wildman–Crippen MR) is 67.9 cm³/mol. The molecule has 2 amide bonds. The summed E-state index contributed by atoms with van der Waals surface area (Å²) >= 11 is 0. The maximum absolute atomic E-state index is 11.7. The first kappa shape index (κ1) is 15.2. The van der Waals surface area contributed by atoms with Crippen LogP contribution < -0.4 is 5.32 Å². The minimum absolute atomic E-state index is 0.140. The number of methoxy groups -OCH3 is 1. The van der Waals surface area contributed by atoms with Gasteiger partial charge in [-0.25, -0.2) is 13.2 Å². The lowest BCUT2D eigenvalue weighted by Gasteiger charge is -2.33. The fourth-order valence-electron chi connectivity index (χ4n) is 1.75. The van der Waals surface area contributed by atoms with Gasteiger partial charge in [-0.3, -0.25) is 0 Å². The summed E-state index contributed by atoms with van der Waals surface area (Å²) in [6, 6.07) is -0.140. The molecule has 0 aromatic rings. The molecule has 1 heterocycles. The Labute approximate surface area is 108 Å². The highest BCUT2D eigenvalue weighted by Crippen LogP contribution is 2.05. The van der Waals surface area contributed by atoms with Gasteiger partial charge in [0.15, 0.2) is 0 Å². The molecular weight excluding hydrogens is 258 g/mol. The number of amides is 2. The minimum Gasteiger partial charge on any atom is -0.385 e. The predicted octanol–water partition coefficient (Wildman–Crippen LogP) is -0.690. The lowest BCUT2D eigenvalue weighted by Crippen LogP contribution is -2.53. The van der Waals surface area contributed by atoms with Crippen molar-refractivity contribution in [3.05, 3.63) is 0 Å². The van der Waals surface area contributed by atoms with Gasteiger partial charge in [-0.1, -0.05) is 0 Å². The molecular formula is C10H21N3O4S. The van der Waals surface area contributed by atoms with Gasteiger partial charge >= 0.3 is 6.03 Å². The fourth-order valence-corrected chi connectivity index (χ4v) is 2.57. The van der Waals surface area contributed by atoms with Gasteiger partial charge in [-0.2, -0.15) is 4.31 Å². The van der Waals surface area contributed by atoms with Crippen LogP contribution in [0.15, 0.2) is 0 Å². The second-order valence-electron chi connectivity index (χ2n) is 4.23. The van der Waals surface area contributed by atoms with Crippen LogP contribution in [0.5, 0.6) is 0 Å². The first-order valence-electron chi connectivity index (χ1n) is 5.92. The van der Waals surface area contributed by atoms with Gasteiger partial charge in [0, 0.05) is 46.4 Å². The first-order chi connectivity index (χ1) is 8.45. The molecule has 0 aromatic carbocycles. The number of carbonyl (C=O) groups excluding carboxylic acids is 1. The average Bonchev–Trinajstić information content (AvgIpc) is 2.33. The molecule has 0 atom stereocenters. The second-order valence-corrected chi connectivity index (χ2v) is 6.21. The van der Waals surface area contributed by atoms with Crippen molar-refractivity contribution in [2.24, 2.45) is 0 Å². The SMILES string of the molecule is COCCCNC(=O)N1CCN(S(C)(=O)=O)CC1. The Morgan fingerprint density at radius 1 is 1.28 bits per heavy atom. The lowest BCUT2D eigenvalue weighted by molar-refractivity contribution is 0.168. The summed E-state index contributed by atoms with van der Waals surface area (Å²) in [5.41, 5.74) is 0. The molecule has 0 saturated carbocycles. The number of rotatable bonds is 5. The van der Waals surface area contributed by atoms with Crippen LogP contribution >= 0.6 is 0 Å². The van der Waals surface area contributed by atoms with E-state index in [4.69, 9.17) is 4.74 Å². The quantitative estimate of drug-likeness (QED) is 0.676. The van der Waals surface area contributed by atoms with Gasteiger partial charge in [-0.05, 0) is 6.42 Å². The van der Waals surface area contributed by atoms with E-state index in [1.807, 2.05) is 0 Å². The van der Waals surface area contributed by atoms with Crippen molar-refractivity contribution < 1.29 is 17.9 Å². The molecule has 106 valence electrons. The Balaban J connectivity index is 2.28. The van der Waals surface area contributed by atoms with Crippen molar-refractivity contribution in [3.8, 4) is 0 Å². The molecule has 0 aliphatic carbocycles. The third-order valence-corrected chi connectivity index (χ3v) is 4.10. The summed E-state index contributed by atoms with van der Waals surface area (Å²) < 4.78 is 28.9. The van der Waals surface area contributed by atoms with E-state index in [0.29, 0.717) is 39.3 Å². The third kappa shape index (κ3) is 4.79. The zero-order valence-corrected chi connectivity index (χ0v) is 11.7. The number of nitrogens with one attached hydrogen (secondary N) is 1. The van der Waals surface area contributed by atoms with Gasteiger partial charge in [0.2, 0.25) is 10.0 Å². The third-order valence-electron chi connectivity index (χ3n) is 2.80. The van der Waals surface area contributed by atoms with Crippen molar-refractivity contribution >= 4 is 16.1 Å². The summed E-state index contributed by atoms with van der Waals surface area (Å²) in [7, 11) is -1.52. The van der Waals surface area contributed by atoms with Crippen LogP contribution in [0.2, 0.25) is 0 Å². The van der Waals surface area contributed by atoms with E-state index in [0.717, 1.165) is 6.42 Å². The largest absolute Gasteiger partial charge is 0.385 e. The standard InChI is InChI=1S/C10H21N3O4S/c1-17-9-3-4-11-10(14)12-5-7-13(8-6-12)18(2,15)16/h3-9H2,1-2H3,(H,11,14). The van der Waals surface area contributed by atoms with E-state index in [1.165, 1.54) is 10.6 Å². The van der Waals surface area contributed by atoms with Gasteiger partial charge in [0.05, 0.1) is 6.26 Å².